The second-order valence-electron chi connectivity index (χ2n) is 4.66. The van der Waals surface area contributed by atoms with Gasteiger partial charge in [0.2, 0.25) is 0 Å². The van der Waals surface area contributed by atoms with Gasteiger partial charge in [-0.3, -0.25) is 10.1 Å². The number of benzene rings is 1. The quantitative estimate of drug-likeness (QED) is 0.807. The number of amides is 1. The van der Waals surface area contributed by atoms with E-state index < -0.39 is 0 Å². The molecule has 0 saturated heterocycles. The van der Waals surface area contributed by atoms with E-state index in [1.54, 1.807) is 24.5 Å². The number of hydrogen-bond donors (Lipinski definition) is 1. The number of nitrogens with one attached hydrogen (secondary N) is 1. The predicted octanol–water partition coefficient (Wildman–Crippen LogP) is 3.20. The summed E-state index contributed by atoms with van der Waals surface area (Å²) in [5.74, 6) is -0.159. The summed E-state index contributed by atoms with van der Waals surface area (Å²) in [5.41, 5.74) is 2.57. The van der Waals surface area contributed by atoms with Crippen LogP contribution in [0.1, 0.15) is 20.9 Å². The van der Waals surface area contributed by atoms with Crippen LogP contribution in [0.25, 0.3) is 5.69 Å². The summed E-state index contributed by atoms with van der Waals surface area (Å²) in [4.78, 5) is 17.3. The minimum Gasteiger partial charge on any atom is -0.298 e. The Morgan fingerprint density at radius 2 is 1.95 bits per heavy atom. The number of anilines is 1. The molecule has 1 N–H and O–H groups in total. The second-order valence-corrected chi connectivity index (χ2v) is 5.90. The molecule has 0 spiro atoms. The van der Waals surface area contributed by atoms with Crippen LogP contribution in [0.5, 0.6) is 0 Å². The number of aryl methyl sites for hydroxylation is 2. The number of thiazole rings is 1. The molecule has 0 unspecified atom stereocenters. The molecule has 3 rings (SSSR count). The third kappa shape index (κ3) is 2.85. The lowest BCUT2D eigenvalue weighted by molar-refractivity contribution is 0.102. The first kappa shape index (κ1) is 13.5. The van der Waals surface area contributed by atoms with Gasteiger partial charge >= 0.3 is 0 Å². The van der Waals surface area contributed by atoms with Gasteiger partial charge in [-0.25, -0.2) is 9.67 Å². The van der Waals surface area contributed by atoms with E-state index >= 15 is 0 Å². The maximum atomic E-state index is 12.1. The fraction of sp³-hybridized carbons (Fsp3) is 0.133. The van der Waals surface area contributed by atoms with Gasteiger partial charge in [0, 0.05) is 28.5 Å². The zero-order valence-electron chi connectivity index (χ0n) is 11.7. The third-order valence-corrected chi connectivity index (χ3v) is 3.88. The maximum absolute atomic E-state index is 12.1. The molecule has 2 aromatic heterocycles. The van der Waals surface area contributed by atoms with Crippen molar-refractivity contribution in [3.8, 4) is 5.69 Å². The Labute approximate surface area is 126 Å². The van der Waals surface area contributed by atoms with E-state index in [1.165, 1.54) is 11.3 Å². The zero-order chi connectivity index (χ0) is 14.8. The van der Waals surface area contributed by atoms with Gasteiger partial charge in [0.25, 0.3) is 5.91 Å². The van der Waals surface area contributed by atoms with Gasteiger partial charge in [0.15, 0.2) is 5.13 Å². The third-order valence-electron chi connectivity index (χ3n) is 3.05. The van der Waals surface area contributed by atoms with Crippen molar-refractivity contribution in [1.82, 2.24) is 14.8 Å². The molecule has 0 saturated carbocycles. The maximum Gasteiger partial charge on any atom is 0.257 e. The SMILES string of the molecule is Cc1cnc(NC(=O)c2ccc(-n3nccc3C)cc2)s1. The molecule has 0 aliphatic rings. The highest BCUT2D eigenvalue weighted by atomic mass is 32.1. The van der Waals surface area contributed by atoms with Crippen molar-refractivity contribution in [2.24, 2.45) is 0 Å². The molecule has 1 aromatic carbocycles. The van der Waals surface area contributed by atoms with Crippen molar-refractivity contribution in [2.75, 3.05) is 5.32 Å². The average molecular weight is 298 g/mol. The molecular formula is C15H14N4OS. The van der Waals surface area contributed by atoms with Crippen molar-refractivity contribution >= 4 is 22.4 Å². The molecule has 6 heteroatoms. The van der Waals surface area contributed by atoms with Crippen LogP contribution in [0.4, 0.5) is 5.13 Å². The summed E-state index contributed by atoms with van der Waals surface area (Å²) in [5, 5.41) is 7.64. The number of hydrogen-bond acceptors (Lipinski definition) is 4. The lowest BCUT2D eigenvalue weighted by Crippen LogP contribution is -2.11. The molecule has 1 amide bonds. The van der Waals surface area contributed by atoms with Crippen LogP contribution in [-0.2, 0) is 0 Å². The number of carbonyl (C=O) groups is 1. The topological polar surface area (TPSA) is 59.8 Å². The van der Waals surface area contributed by atoms with Crippen LogP contribution < -0.4 is 5.32 Å². The molecule has 106 valence electrons. The van der Waals surface area contributed by atoms with Crippen LogP contribution >= 0.6 is 11.3 Å². The Morgan fingerprint density at radius 3 is 2.52 bits per heavy atom. The standard InChI is InChI=1S/C15H14N4OS/c1-10-7-8-17-19(10)13-5-3-12(4-6-13)14(20)18-15-16-9-11(2)21-15/h3-9H,1-2H3,(H,16,18,20). The first-order valence-corrected chi connectivity index (χ1v) is 7.30. The van der Waals surface area contributed by atoms with E-state index in [-0.39, 0.29) is 5.91 Å². The Hall–Kier alpha value is -2.47. The molecule has 0 fully saturated rings. The van der Waals surface area contributed by atoms with E-state index in [1.807, 2.05) is 36.7 Å². The minimum atomic E-state index is -0.159. The van der Waals surface area contributed by atoms with Gasteiger partial charge in [-0.05, 0) is 44.2 Å². The first-order chi connectivity index (χ1) is 10.1. The summed E-state index contributed by atoms with van der Waals surface area (Å²) in [6.45, 7) is 3.94. The lowest BCUT2D eigenvalue weighted by Gasteiger charge is -2.06. The number of nitrogens with zero attached hydrogens (tertiary/aromatic N) is 3. The monoisotopic (exact) mass is 298 g/mol. The minimum absolute atomic E-state index is 0.159. The highest BCUT2D eigenvalue weighted by Gasteiger charge is 2.09. The summed E-state index contributed by atoms with van der Waals surface area (Å²) >= 11 is 1.46. The number of carbonyl (C=O) groups excluding carboxylic acids is 1. The van der Waals surface area contributed by atoms with Gasteiger partial charge in [0.1, 0.15) is 0 Å². The molecule has 0 atom stereocenters. The van der Waals surface area contributed by atoms with Crippen molar-refractivity contribution < 1.29 is 4.79 Å². The van der Waals surface area contributed by atoms with Crippen LogP contribution in [0.3, 0.4) is 0 Å². The number of rotatable bonds is 3. The molecule has 21 heavy (non-hydrogen) atoms. The highest BCUT2D eigenvalue weighted by Crippen LogP contribution is 2.18. The normalized spacial score (nSPS) is 10.6. The van der Waals surface area contributed by atoms with Gasteiger partial charge in [-0.15, -0.1) is 11.3 Å². The second kappa shape index (κ2) is 5.49. The van der Waals surface area contributed by atoms with Crippen LogP contribution in [-0.4, -0.2) is 20.7 Å². The van der Waals surface area contributed by atoms with Gasteiger partial charge in [-0.2, -0.15) is 5.10 Å². The van der Waals surface area contributed by atoms with Gasteiger partial charge in [0.05, 0.1) is 5.69 Å². The average Bonchev–Trinajstić information content (AvgIpc) is 3.08. The number of aromatic nitrogens is 3. The van der Waals surface area contributed by atoms with E-state index in [4.69, 9.17) is 0 Å². The molecule has 0 bridgehead atoms. The zero-order valence-corrected chi connectivity index (χ0v) is 12.5. The molecule has 0 aliphatic carbocycles. The van der Waals surface area contributed by atoms with Crippen molar-refractivity contribution in [1.29, 1.82) is 0 Å². The summed E-state index contributed by atoms with van der Waals surface area (Å²) < 4.78 is 1.83. The Balaban J connectivity index is 1.78. The van der Waals surface area contributed by atoms with E-state index in [0.29, 0.717) is 10.7 Å². The predicted molar refractivity (Wildman–Crippen MR) is 83.1 cm³/mol. The summed E-state index contributed by atoms with van der Waals surface area (Å²) in [7, 11) is 0. The summed E-state index contributed by atoms with van der Waals surface area (Å²) in [6.07, 6.45) is 3.49. The summed E-state index contributed by atoms with van der Waals surface area (Å²) in [6, 6.07) is 9.26. The van der Waals surface area contributed by atoms with Crippen LogP contribution in [0, 0.1) is 13.8 Å². The first-order valence-electron chi connectivity index (χ1n) is 6.48. The largest absolute Gasteiger partial charge is 0.298 e. The highest BCUT2D eigenvalue weighted by molar-refractivity contribution is 7.15. The van der Waals surface area contributed by atoms with Crippen LogP contribution in [0.2, 0.25) is 0 Å². The van der Waals surface area contributed by atoms with Gasteiger partial charge < -0.3 is 0 Å². The Morgan fingerprint density at radius 1 is 1.19 bits per heavy atom. The lowest BCUT2D eigenvalue weighted by atomic mass is 10.2. The van der Waals surface area contributed by atoms with E-state index in [2.05, 4.69) is 15.4 Å². The molecule has 0 radical (unpaired) electrons. The van der Waals surface area contributed by atoms with Crippen molar-refractivity contribution in [3.63, 3.8) is 0 Å². The van der Waals surface area contributed by atoms with Crippen molar-refractivity contribution in [2.45, 2.75) is 13.8 Å². The molecular weight excluding hydrogens is 284 g/mol. The molecule has 2 heterocycles. The Bertz CT molecular complexity index is 773. The van der Waals surface area contributed by atoms with E-state index in [0.717, 1.165) is 16.3 Å². The fourth-order valence-electron chi connectivity index (χ4n) is 1.98. The molecule has 3 aromatic rings. The van der Waals surface area contributed by atoms with Gasteiger partial charge in [-0.1, -0.05) is 0 Å². The molecule has 0 aliphatic heterocycles. The fourth-order valence-corrected chi connectivity index (χ4v) is 2.64. The smallest absolute Gasteiger partial charge is 0.257 e. The van der Waals surface area contributed by atoms with Crippen LogP contribution in [0.15, 0.2) is 42.7 Å². The van der Waals surface area contributed by atoms with E-state index in [9.17, 15) is 4.79 Å². The Kier molecular flexibility index (Phi) is 3.53. The molecule has 5 nitrogen and oxygen atoms in total. The van der Waals surface area contributed by atoms with Crippen molar-refractivity contribution in [3.05, 3.63) is 58.9 Å².